The molecule has 0 aliphatic rings. The SMILES string of the molecule is CCSCCC(O)c1cccc(Cl)c1. The second-order valence-corrected chi connectivity index (χ2v) is 4.89. The van der Waals surface area contributed by atoms with Crippen LogP contribution in [0.25, 0.3) is 0 Å². The average molecular weight is 231 g/mol. The molecule has 0 radical (unpaired) electrons. The van der Waals surface area contributed by atoms with Crippen molar-refractivity contribution in [1.29, 1.82) is 0 Å². The molecule has 0 spiro atoms. The van der Waals surface area contributed by atoms with Crippen LogP contribution in [-0.2, 0) is 0 Å². The summed E-state index contributed by atoms with van der Waals surface area (Å²) < 4.78 is 0. The Morgan fingerprint density at radius 1 is 1.50 bits per heavy atom. The highest BCUT2D eigenvalue weighted by molar-refractivity contribution is 7.99. The summed E-state index contributed by atoms with van der Waals surface area (Å²) in [5.74, 6) is 2.09. The molecule has 0 aromatic heterocycles. The van der Waals surface area contributed by atoms with Gasteiger partial charge in [0.15, 0.2) is 0 Å². The van der Waals surface area contributed by atoms with E-state index in [0.717, 1.165) is 23.5 Å². The molecule has 0 heterocycles. The van der Waals surface area contributed by atoms with E-state index in [4.69, 9.17) is 11.6 Å². The van der Waals surface area contributed by atoms with Crippen molar-refractivity contribution >= 4 is 23.4 Å². The largest absolute Gasteiger partial charge is 0.388 e. The maximum Gasteiger partial charge on any atom is 0.0798 e. The van der Waals surface area contributed by atoms with E-state index >= 15 is 0 Å². The van der Waals surface area contributed by atoms with E-state index in [1.165, 1.54) is 0 Å². The predicted molar refractivity (Wildman–Crippen MR) is 64.0 cm³/mol. The van der Waals surface area contributed by atoms with Crippen molar-refractivity contribution in [1.82, 2.24) is 0 Å². The van der Waals surface area contributed by atoms with Gasteiger partial charge in [-0.25, -0.2) is 0 Å². The fourth-order valence-corrected chi connectivity index (χ4v) is 2.10. The summed E-state index contributed by atoms with van der Waals surface area (Å²) >= 11 is 7.68. The fraction of sp³-hybridized carbons (Fsp3) is 0.455. The highest BCUT2D eigenvalue weighted by Gasteiger charge is 2.06. The van der Waals surface area contributed by atoms with Crippen LogP contribution in [0.3, 0.4) is 0 Å². The fourth-order valence-electron chi connectivity index (χ4n) is 1.22. The Kier molecular flexibility index (Phi) is 5.38. The quantitative estimate of drug-likeness (QED) is 0.782. The predicted octanol–water partition coefficient (Wildman–Crippen LogP) is 3.52. The first kappa shape index (κ1) is 11.9. The normalized spacial score (nSPS) is 12.8. The molecule has 3 heteroatoms. The molecule has 0 aliphatic heterocycles. The van der Waals surface area contributed by atoms with Gasteiger partial charge < -0.3 is 5.11 Å². The van der Waals surface area contributed by atoms with Crippen LogP contribution >= 0.6 is 23.4 Å². The minimum atomic E-state index is -0.382. The van der Waals surface area contributed by atoms with Crippen molar-refractivity contribution in [3.63, 3.8) is 0 Å². The summed E-state index contributed by atoms with van der Waals surface area (Å²) in [6.07, 6.45) is 0.409. The molecule has 1 aromatic carbocycles. The Balaban J connectivity index is 2.47. The standard InChI is InChI=1S/C11H15ClOS/c1-2-14-7-6-11(13)9-4-3-5-10(12)8-9/h3-5,8,11,13H,2,6-7H2,1H3. The lowest BCUT2D eigenvalue weighted by Gasteiger charge is -2.10. The molecule has 0 aliphatic carbocycles. The minimum Gasteiger partial charge on any atom is -0.388 e. The Morgan fingerprint density at radius 2 is 2.29 bits per heavy atom. The molecule has 0 saturated heterocycles. The van der Waals surface area contributed by atoms with Gasteiger partial charge in [-0.15, -0.1) is 0 Å². The van der Waals surface area contributed by atoms with Gasteiger partial charge in [-0.2, -0.15) is 11.8 Å². The topological polar surface area (TPSA) is 20.2 Å². The Labute approximate surface area is 94.5 Å². The molecule has 14 heavy (non-hydrogen) atoms. The second-order valence-electron chi connectivity index (χ2n) is 3.06. The number of halogens is 1. The van der Waals surface area contributed by atoms with Gasteiger partial charge in [-0.1, -0.05) is 30.7 Å². The summed E-state index contributed by atoms with van der Waals surface area (Å²) in [5.41, 5.74) is 0.911. The molecular weight excluding hydrogens is 216 g/mol. The van der Waals surface area contributed by atoms with Crippen molar-refractivity contribution in [3.05, 3.63) is 34.9 Å². The molecule has 78 valence electrons. The first-order chi connectivity index (χ1) is 6.74. The lowest BCUT2D eigenvalue weighted by Crippen LogP contribution is -1.98. The lowest BCUT2D eigenvalue weighted by atomic mass is 10.1. The van der Waals surface area contributed by atoms with Crippen LogP contribution in [0.2, 0.25) is 5.02 Å². The number of hydrogen-bond donors (Lipinski definition) is 1. The van der Waals surface area contributed by atoms with Crippen molar-refractivity contribution < 1.29 is 5.11 Å². The van der Waals surface area contributed by atoms with Gasteiger partial charge in [0.2, 0.25) is 0 Å². The number of aliphatic hydroxyl groups is 1. The van der Waals surface area contributed by atoms with Crippen molar-refractivity contribution in [2.45, 2.75) is 19.4 Å². The third-order valence-corrected chi connectivity index (χ3v) is 3.14. The number of hydrogen-bond acceptors (Lipinski definition) is 2. The highest BCUT2D eigenvalue weighted by atomic mass is 35.5. The maximum absolute atomic E-state index is 9.80. The van der Waals surface area contributed by atoms with E-state index in [1.54, 1.807) is 0 Å². The van der Waals surface area contributed by atoms with Crippen LogP contribution in [0.1, 0.15) is 25.0 Å². The number of thioether (sulfide) groups is 1. The van der Waals surface area contributed by atoms with Gasteiger partial charge in [0.25, 0.3) is 0 Å². The Bertz CT molecular complexity index is 278. The van der Waals surface area contributed by atoms with Crippen LogP contribution in [0, 0.1) is 0 Å². The molecule has 1 N–H and O–H groups in total. The molecular formula is C11H15ClOS. The molecule has 0 saturated carbocycles. The van der Waals surface area contributed by atoms with Gasteiger partial charge in [0, 0.05) is 5.02 Å². The molecule has 1 unspecified atom stereocenters. The van der Waals surface area contributed by atoms with Gasteiger partial charge in [0.1, 0.15) is 0 Å². The maximum atomic E-state index is 9.80. The monoisotopic (exact) mass is 230 g/mol. The van der Waals surface area contributed by atoms with Crippen LogP contribution in [0.4, 0.5) is 0 Å². The van der Waals surface area contributed by atoms with Crippen LogP contribution < -0.4 is 0 Å². The Hall–Kier alpha value is -0.180. The second kappa shape index (κ2) is 6.33. The summed E-state index contributed by atoms with van der Waals surface area (Å²) in [7, 11) is 0. The summed E-state index contributed by atoms with van der Waals surface area (Å²) in [6.45, 7) is 2.12. The van der Waals surface area contributed by atoms with E-state index in [0.29, 0.717) is 5.02 Å². The first-order valence-corrected chi connectivity index (χ1v) is 6.28. The molecule has 0 fully saturated rings. The van der Waals surface area contributed by atoms with Crippen molar-refractivity contribution in [2.24, 2.45) is 0 Å². The van der Waals surface area contributed by atoms with Crippen molar-refractivity contribution in [3.8, 4) is 0 Å². The van der Waals surface area contributed by atoms with Gasteiger partial charge in [-0.3, -0.25) is 0 Å². The molecule has 1 rings (SSSR count). The van der Waals surface area contributed by atoms with Crippen LogP contribution in [-0.4, -0.2) is 16.6 Å². The molecule has 0 amide bonds. The smallest absolute Gasteiger partial charge is 0.0798 e. The average Bonchev–Trinajstić information content (AvgIpc) is 2.18. The Morgan fingerprint density at radius 3 is 2.93 bits per heavy atom. The van der Waals surface area contributed by atoms with E-state index in [9.17, 15) is 5.11 Å². The van der Waals surface area contributed by atoms with E-state index in [-0.39, 0.29) is 6.10 Å². The molecule has 1 aromatic rings. The third-order valence-electron chi connectivity index (χ3n) is 1.97. The molecule has 1 atom stereocenters. The number of aliphatic hydroxyl groups excluding tert-OH is 1. The molecule has 0 bridgehead atoms. The van der Waals surface area contributed by atoms with E-state index in [1.807, 2.05) is 36.0 Å². The zero-order valence-electron chi connectivity index (χ0n) is 8.24. The zero-order chi connectivity index (χ0) is 10.4. The summed E-state index contributed by atoms with van der Waals surface area (Å²) in [6, 6.07) is 7.42. The van der Waals surface area contributed by atoms with Gasteiger partial charge in [0.05, 0.1) is 6.10 Å². The zero-order valence-corrected chi connectivity index (χ0v) is 9.81. The van der Waals surface area contributed by atoms with Crippen LogP contribution in [0.15, 0.2) is 24.3 Å². The number of benzene rings is 1. The third kappa shape index (κ3) is 3.91. The minimum absolute atomic E-state index is 0.382. The first-order valence-electron chi connectivity index (χ1n) is 4.75. The van der Waals surface area contributed by atoms with Gasteiger partial charge in [-0.05, 0) is 35.6 Å². The van der Waals surface area contributed by atoms with Crippen molar-refractivity contribution in [2.75, 3.05) is 11.5 Å². The molecule has 1 nitrogen and oxygen atoms in total. The van der Waals surface area contributed by atoms with Gasteiger partial charge >= 0.3 is 0 Å². The number of rotatable bonds is 5. The lowest BCUT2D eigenvalue weighted by molar-refractivity contribution is 0.175. The van der Waals surface area contributed by atoms with Crippen LogP contribution in [0.5, 0.6) is 0 Å². The van der Waals surface area contributed by atoms with E-state index in [2.05, 4.69) is 6.92 Å². The highest BCUT2D eigenvalue weighted by Crippen LogP contribution is 2.21. The summed E-state index contributed by atoms with van der Waals surface area (Å²) in [4.78, 5) is 0. The van der Waals surface area contributed by atoms with E-state index < -0.39 is 0 Å². The summed E-state index contributed by atoms with van der Waals surface area (Å²) in [5, 5.41) is 10.5.